The number of anilines is 1. The minimum atomic E-state index is -1.08. The van der Waals surface area contributed by atoms with E-state index in [1.165, 1.54) is 12.3 Å². The van der Waals surface area contributed by atoms with Crippen LogP contribution in [0, 0.1) is 23.2 Å². The molecule has 3 saturated heterocycles. The van der Waals surface area contributed by atoms with Gasteiger partial charge in [0.05, 0.1) is 40.4 Å². The average molecular weight is 348 g/mol. The Morgan fingerprint density at radius 1 is 1.42 bits per heavy atom. The molecule has 0 radical (unpaired) electrons. The molecule has 0 spiro atoms. The number of fused-ring (bicyclic) bond motifs is 5. The smallest absolute Gasteiger partial charge is 0.240 e. The molecule has 1 aromatic heterocycles. The number of aliphatic hydroxyl groups excluding tert-OH is 1. The van der Waals surface area contributed by atoms with E-state index in [1.54, 1.807) is 13.8 Å². The molecule has 0 unspecified atom stereocenters. The third-order valence-corrected chi connectivity index (χ3v) is 5.77. The Balaban J connectivity index is 1.79. The number of rotatable bonds is 1. The van der Waals surface area contributed by atoms with Crippen LogP contribution in [0.4, 0.5) is 5.69 Å². The Kier molecular flexibility index (Phi) is 2.93. The normalized spacial score (nSPS) is 40.1. The number of pyridine rings is 1. The van der Waals surface area contributed by atoms with Crippen molar-refractivity contribution < 1.29 is 19.4 Å². The van der Waals surface area contributed by atoms with Crippen LogP contribution in [0.25, 0.3) is 0 Å². The highest BCUT2D eigenvalue weighted by molar-refractivity contribution is 6.32. The minimum Gasteiger partial charge on any atom is -0.390 e. The van der Waals surface area contributed by atoms with Crippen molar-refractivity contribution in [3.63, 3.8) is 0 Å². The lowest BCUT2D eigenvalue weighted by atomic mass is 9.67. The van der Waals surface area contributed by atoms with Gasteiger partial charge in [0.25, 0.3) is 0 Å². The molecular formula is C16H14ClN3O4. The fourth-order valence-electron chi connectivity index (χ4n) is 4.41. The van der Waals surface area contributed by atoms with E-state index in [0.29, 0.717) is 6.42 Å². The van der Waals surface area contributed by atoms with Gasteiger partial charge < -0.3 is 9.84 Å². The predicted octanol–water partition coefficient (Wildman–Crippen LogP) is 1.02. The van der Waals surface area contributed by atoms with E-state index in [2.05, 4.69) is 4.98 Å². The molecule has 3 aliphatic heterocycles. The number of nitriles is 1. The fraction of sp³-hybridized carbons (Fsp3) is 0.500. The lowest BCUT2D eigenvalue weighted by molar-refractivity contribution is -0.132. The first kappa shape index (κ1) is 15.5. The second kappa shape index (κ2) is 4.54. The third kappa shape index (κ3) is 1.66. The standard InChI is InChI=1S/C16H14ClN3O4/c1-15-4-10(21)16(2,24-15)12-11(15)13(22)20(14(12)23)7-3-8(17)9(5-18)19-6-7/h3,6,10-12,21H,4H2,1-2H3/t10-,11+,12-,15+,16-/m1/s1. The Morgan fingerprint density at radius 2 is 2.08 bits per heavy atom. The van der Waals surface area contributed by atoms with Crippen molar-refractivity contribution in [1.82, 2.24) is 4.98 Å². The van der Waals surface area contributed by atoms with E-state index < -0.39 is 35.0 Å². The summed E-state index contributed by atoms with van der Waals surface area (Å²) in [7, 11) is 0. The highest BCUT2D eigenvalue weighted by Gasteiger charge is 2.75. The van der Waals surface area contributed by atoms with Crippen LogP contribution in [-0.4, -0.2) is 39.2 Å². The Morgan fingerprint density at radius 3 is 2.71 bits per heavy atom. The molecule has 0 aliphatic carbocycles. The van der Waals surface area contributed by atoms with Crippen LogP contribution in [0.15, 0.2) is 12.3 Å². The molecule has 5 atom stereocenters. The Bertz CT molecular complexity index is 837. The zero-order valence-corrected chi connectivity index (χ0v) is 13.7. The zero-order chi connectivity index (χ0) is 17.4. The first-order chi connectivity index (χ1) is 11.2. The van der Waals surface area contributed by atoms with Crippen LogP contribution in [0.1, 0.15) is 26.0 Å². The lowest BCUT2D eigenvalue weighted by Crippen LogP contribution is -2.49. The summed E-state index contributed by atoms with van der Waals surface area (Å²) in [5.41, 5.74) is -1.70. The molecule has 124 valence electrons. The van der Waals surface area contributed by atoms with Crippen LogP contribution in [-0.2, 0) is 14.3 Å². The molecule has 24 heavy (non-hydrogen) atoms. The topological polar surface area (TPSA) is 104 Å². The average Bonchev–Trinajstić information content (AvgIpc) is 3.01. The van der Waals surface area contributed by atoms with Crippen LogP contribution in [0.3, 0.4) is 0 Å². The highest BCUT2D eigenvalue weighted by atomic mass is 35.5. The molecule has 0 aromatic carbocycles. The van der Waals surface area contributed by atoms with Gasteiger partial charge in [0.1, 0.15) is 11.7 Å². The van der Waals surface area contributed by atoms with Gasteiger partial charge in [-0.3, -0.25) is 9.59 Å². The number of hydrogen-bond donors (Lipinski definition) is 1. The molecule has 0 saturated carbocycles. The number of amides is 2. The zero-order valence-electron chi connectivity index (χ0n) is 13.0. The van der Waals surface area contributed by atoms with Crippen molar-refractivity contribution in [2.24, 2.45) is 11.8 Å². The number of carbonyl (C=O) groups excluding carboxylic acids is 2. The van der Waals surface area contributed by atoms with E-state index in [0.717, 1.165) is 4.90 Å². The summed E-state index contributed by atoms with van der Waals surface area (Å²) < 4.78 is 5.91. The molecule has 7 nitrogen and oxygen atoms in total. The Labute approximate surface area is 142 Å². The monoisotopic (exact) mass is 347 g/mol. The van der Waals surface area contributed by atoms with Gasteiger partial charge >= 0.3 is 0 Å². The largest absolute Gasteiger partial charge is 0.390 e. The van der Waals surface area contributed by atoms with Crippen LogP contribution < -0.4 is 4.90 Å². The van der Waals surface area contributed by atoms with Gasteiger partial charge in [-0.1, -0.05) is 11.6 Å². The SMILES string of the molecule is C[C@@]12O[C@@](C)(C[C@H]1O)[C@@H]1C(=O)N(c3cnc(C#N)c(Cl)c3)C(=O)[C@@H]12. The maximum absolute atomic E-state index is 12.9. The van der Waals surface area contributed by atoms with Crippen molar-refractivity contribution >= 4 is 29.1 Å². The number of imide groups is 1. The van der Waals surface area contributed by atoms with Crippen molar-refractivity contribution in [2.45, 2.75) is 37.6 Å². The van der Waals surface area contributed by atoms with Crippen LogP contribution >= 0.6 is 11.6 Å². The molecule has 3 fully saturated rings. The molecule has 4 rings (SSSR count). The first-order valence-electron chi connectivity index (χ1n) is 7.54. The number of carbonyl (C=O) groups is 2. The summed E-state index contributed by atoms with van der Waals surface area (Å²) in [6.45, 7) is 3.43. The van der Waals surface area contributed by atoms with E-state index in [-0.39, 0.29) is 22.3 Å². The predicted molar refractivity (Wildman–Crippen MR) is 82.0 cm³/mol. The number of aliphatic hydroxyl groups is 1. The number of halogens is 1. The summed E-state index contributed by atoms with van der Waals surface area (Å²) in [6, 6.07) is 3.22. The van der Waals surface area contributed by atoms with Crippen molar-refractivity contribution in [3.8, 4) is 6.07 Å². The van der Waals surface area contributed by atoms with Crippen molar-refractivity contribution in [2.75, 3.05) is 4.90 Å². The number of ether oxygens (including phenoxy) is 1. The Hall–Kier alpha value is -2.01. The summed E-state index contributed by atoms with van der Waals surface area (Å²) in [5.74, 6) is -2.20. The maximum Gasteiger partial charge on any atom is 0.240 e. The fourth-order valence-corrected chi connectivity index (χ4v) is 4.61. The molecule has 2 bridgehead atoms. The molecule has 1 N–H and O–H groups in total. The number of aromatic nitrogens is 1. The van der Waals surface area contributed by atoms with Gasteiger partial charge in [-0.2, -0.15) is 5.26 Å². The lowest BCUT2D eigenvalue weighted by Gasteiger charge is -2.31. The molecule has 1 aromatic rings. The van der Waals surface area contributed by atoms with Gasteiger partial charge in [-0.05, 0) is 19.9 Å². The van der Waals surface area contributed by atoms with E-state index in [1.807, 2.05) is 6.07 Å². The number of nitrogens with zero attached hydrogens (tertiary/aromatic N) is 3. The summed E-state index contributed by atoms with van der Waals surface area (Å²) in [5, 5.41) is 19.3. The van der Waals surface area contributed by atoms with Gasteiger partial charge in [-0.15, -0.1) is 0 Å². The van der Waals surface area contributed by atoms with E-state index in [4.69, 9.17) is 21.6 Å². The molecular weight excluding hydrogens is 334 g/mol. The summed E-state index contributed by atoms with van der Waals surface area (Å²) in [6.07, 6.45) is 0.790. The van der Waals surface area contributed by atoms with E-state index in [9.17, 15) is 14.7 Å². The first-order valence-corrected chi connectivity index (χ1v) is 7.92. The molecule has 3 aliphatic rings. The number of hydrogen-bond acceptors (Lipinski definition) is 6. The molecule has 2 amide bonds. The third-order valence-electron chi connectivity index (χ3n) is 5.49. The molecule has 8 heteroatoms. The van der Waals surface area contributed by atoms with Crippen molar-refractivity contribution in [3.05, 3.63) is 23.0 Å². The van der Waals surface area contributed by atoms with Gasteiger partial charge in [0.2, 0.25) is 11.8 Å². The second-order valence-corrected chi connectivity index (χ2v) is 7.33. The van der Waals surface area contributed by atoms with Gasteiger partial charge in [0.15, 0.2) is 5.69 Å². The van der Waals surface area contributed by atoms with Crippen LogP contribution in [0.2, 0.25) is 5.02 Å². The van der Waals surface area contributed by atoms with Crippen LogP contribution in [0.5, 0.6) is 0 Å². The quantitative estimate of drug-likeness (QED) is 0.761. The minimum absolute atomic E-state index is 0.0254. The molecule has 4 heterocycles. The highest BCUT2D eigenvalue weighted by Crippen LogP contribution is 2.60. The summed E-state index contributed by atoms with van der Waals surface area (Å²) in [4.78, 5) is 30.8. The van der Waals surface area contributed by atoms with Gasteiger partial charge in [0, 0.05) is 6.42 Å². The maximum atomic E-state index is 12.9. The van der Waals surface area contributed by atoms with Crippen molar-refractivity contribution in [1.29, 1.82) is 5.26 Å². The van der Waals surface area contributed by atoms with Gasteiger partial charge in [-0.25, -0.2) is 9.88 Å². The summed E-state index contributed by atoms with van der Waals surface area (Å²) >= 11 is 5.97. The second-order valence-electron chi connectivity index (χ2n) is 6.92. The van der Waals surface area contributed by atoms with E-state index >= 15 is 0 Å².